The summed E-state index contributed by atoms with van der Waals surface area (Å²) in [6.45, 7) is 0.564. The maximum atomic E-state index is 11.7. The molecular weight excluding hydrogens is 198 g/mol. The summed E-state index contributed by atoms with van der Waals surface area (Å²) >= 11 is 0. The van der Waals surface area contributed by atoms with Gasteiger partial charge >= 0.3 is 5.97 Å². The number of aliphatic hydroxyl groups excluding tert-OH is 1. The van der Waals surface area contributed by atoms with Crippen LogP contribution in [-0.2, 0) is 14.3 Å². The number of esters is 1. The van der Waals surface area contributed by atoms with Crippen molar-refractivity contribution in [1.29, 1.82) is 0 Å². The second-order valence-corrected chi connectivity index (χ2v) is 3.65. The zero-order valence-electron chi connectivity index (χ0n) is 8.94. The van der Waals surface area contributed by atoms with Crippen molar-refractivity contribution in [2.45, 2.75) is 19.3 Å². The molecule has 0 aromatic heterocycles. The summed E-state index contributed by atoms with van der Waals surface area (Å²) in [5.74, 6) is -0.163. The van der Waals surface area contributed by atoms with Crippen LogP contribution in [0.5, 0.6) is 0 Å². The number of carbonyl (C=O) groups is 2. The number of nitrogens with zero attached hydrogens (tertiary/aromatic N) is 1. The van der Waals surface area contributed by atoms with Crippen LogP contribution in [0.3, 0.4) is 0 Å². The van der Waals surface area contributed by atoms with Gasteiger partial charge in [-0.1, -0.05) is 0 Å². The normalized spacial score (nSPS) is 14.8. The van der Waals surface area contributed by atoms with Crippen LogP contribution in [0.4, 0.5) is 0 Å². The van der Waals surface area contributed by atoms with E-state index in [9.17, 15) is 9.59 Å². The number of rotatable bonds is 6. The Balaban J connectivity index is 2.35. The van der Waals surface area contributed by atoms with Crippen LogP contribution in [-0.4, -0.2) is 48.7 Å². The van der Waals surface area contributed by atoms with E-state index in [1.807, 2.05) is 0 Å². The van der Waals surface area contributed by atoms with Gasteiger partial charge in [-0.15, -0.1) is 0 Å². The van der Waals surface area contributed by atoms with E-state index in [0.717, 1.165) is 12.8 Å². The molecule has 1 fully saturated rings. The maximum Gasteiger partial charge on any atom is 0.307 e. The van der Waals surface area contributed by atoms with E-state index in [-0.39, 0.29) is 30.8 Å². The Morgan fingerprint density at radius 1 is 1.40 bits per heavy atom. The number of ether oxygens (including phenoxy) is 1. The van der Waals surface area contributed by atoms with Crippen LogP contribution in [0.15, 0.2) is 0 Å². The molecule has 0 aromatic rings. The first-order chi connectivity index (χ1) is 7.19. The smallest absolute Gasteiger partial charge is 0.307 e. The van der Waals surface area contributed by atoms with E-state index in [0.29, 0.717) is 13.1 Å². The molecule has 0 aromatic carbocycles. The topological polar surface area (TPSA) is 66.8 Å². The summed E-state index contributed by atoms with van der Waals surface area (Å²) in [7, 11) is 1.32. The van der Waals surface area contributed by atoms with Gasteiger partial charge in [0.15, 0.2) is 0 Å². The van der Waals surface area contributed by atoms with Gasteiger partial charge in [-0.25, -0.2) is 0 Å². The van der Waals surface area contributed by atoms with Crippen LogP contribution in [0.25, 0.3) is 0 Å². The van der Waals surface area contributed by atoms with Gasteiger partial charge in [0, 0.05) is 19.0 Å². The third kappa shape index (κ3) is 3.87. The number of aliphatic hydroxyl groups is 1. The van der Waals surface area contributed by atoms with E-state index in [1.54, 1.807) is 0 Å². The molecule has 15 heavy (non-hydrogen) atoms. The predicted octanol–water partition coefficient (Wildman–Crippen LogP) is -0.220. The average Bonchev–Trinajstić information content (AvgIpc) is 3.06. The quantitative estimate of drug-likeness (QED) is 0.622. The third-order valence-electron chi connectivity index (χ3n) is 2.42. The van der Waals surface area contributed by atoms with Crippen molar-refractivity contribution < 1.29 is 19.4 Å². The van der Waals surface area contributed by atoms with Crippen LogP contribution >= 0.6 is 0 Å². The first-order valence-electron chi connectivity index (χ1n) is 5.15. The van der Waals surface area contributed by atoms with Gasteiger partial charge < -0.3 is 14.7 Å². The second-order valence-electron chi connectivity index (χ2n) is 3.65. The van der Waals surface area contributed by atoms with Crippen molar-refractivity contribution in [3.63, 3.8) is 0 Å². The van der Waals surface area contributed by atoms with Crippen molar-refractivity contribution in [1.82, 2.24) is 4.90 Å². The fourth-order valence-corrected chi connectivity index (χ4v) is 1.37. The lowest BCUT2D eigenvalue weighted by atomic mass is 10.3. The summed E-state index contributed by atoms with van der Waals surface area (Å²) < 4.78 is 4.50. The summed E-state index contributed by atoms with van der Waals surface area (Å²) in [5, 5.41) is 8.80. The van der Waals surface area contributed by atoms with Gasteiger partial charge in [0.05, 0.1) is 20.1 Å². The van der Waals surface area contributed by atoms with E-state index >= 15 is 0 Å². The summed E-state index contributed by atoms with van der Waals surface area (Å²) in [4.78, 5) is 24.1. The van der Waals surface area contributed by atoms with Crippen molar-refractivity contribution in [3.8, 4) is 0 Å². The lowest BCUT2D eigenvalue weighted by Gasteiger charge is -2.20. The fraction of sp³-hybridized carbons (Fsp3) is 0.800. The van der Waals surface area contributed by atoms with Crippen molar-refractivity contribution in [3.05, 3.63) is 0 Å². The molecular formula is C10H17NO4. The molecule has 0 radical (unpaired) electrons. The lowest BCUT2D eigenvalue weighted by Crippen LogP contribution is -2.36. The molecule has 1 aliphatic carbocycles. The molecule has 5 heteroatoms. The Morgan fingerprint density at radius 2 is 2.07 bits per heavy atom. The third-order valence-corrected chi connectivity index (χ3v) is 2.42. The summed E-state index contributed by atoms with van der Waals surface area (Å²) in [6, 6.07) is 0. The Kier molecular flexibility index (Phi) is 4.55. The average molecular weight is 215 g/mol. The summed E-state index contributed by atoms with van der Waals surface area (Å²) in [5.41, 5.74) is 0. The Labute approximate surface area is 89.0 Å². The molecule has 86 valence electrons. The predicted molar refractivity (Wildman–Crippen MR) is 53.0 cm³/mol. The molecule has 0 atom stereocenters. The molecule has 1 amide bonds. The van der Waals surface area contributed by atoms with Gasteiger partial charge in [0.2, 0.25) is 5.91 Å². The number of hydrogen-bond acceptors (Lipinski definition) is 4. The standard InChI is InChI=1S/C10H17NO4/c1-15-9(13)4-5-11(6-7-12)10(14)8-2-3-8/h8,12H,2-7H2,1H3. The molecule has 0 bridgehead atoms. The highest BCUT2D eigenvalue weighted by Crippen LogP contribution is 2.30. The van der Waals surface area contributed by atoms with Crippen LogP contribution in [0.1, 0.15) is 19.3 Å². The van der Waals surface area contributed by atoms with E-state index in [4.69, 9.17) is 5.11 Å². The molecule has 1 rings (SSSR count). The SMILES string of the molecule is COC(=O)CCN(CCO)C(=O)C1CC1. The molecule has 1 aliphatic rings. The Hall–Kier alpha value is -1.10. The van der Waals surface area contributed by atoms with E-state index in [1.165, 1.54) is 12.0 Å². The minimum Gasteiger partial charge on any atom is -0.469 e. The van der Waals surface area contributed by atoms with Gasteiger partial charge in [-0.05, 0) is 12.8 Å². The highest BCUT2D eigenvalue weighted by molar-refractivity contribution is 5.81. The molecule has 0 aliphatic heterocycles. The zero-order valence-corrected chi connectivity index (χ0v) is 8.94. The Bertz CT molecular complexity index is 238. The molecule has 0 heterocycles. The second kappa shape index (κ2) is 5.70. The number of carbonyl (C=O) groups excluding carboxylic acids is 2. The molecule has 5 nitrogen and oxygen atoms in total. The zero-order chi connectivity index (χ0) is 11.3. The Morgan fingerprint density at radius 3 is 2.53 bits per heavy atom. The first kappa shape index (κ1) is 12.0. The van der Waals surface area contributed by atoms with E-state index < -0.39 is 0 Å². The number of methoxy groups -OCH3 is 1. The number of hydrogen-bond donors (Lipinski definition) is 1. The van der Waals surface area contributed by atoms with E-state index in [2.05, 4.69) is 4.74 Å². The largest absolute Gasteiger partial charge is 0.469 e. The van der Waals surface area contributed by atoms with Crippen molar-refractivity contribution in [2.24, 2.45) is 5.92 Å². The van der Waals surface area contributed by atoms with Gasteiger partial charge in [0.1, 0.15) is 0 Å². The lowest BCUT2D eigenvalue weighted by molar-refractivity contribution is -0.142. The maximum absolute atomic E-state index is 11.7. The van der Waals surface area contributed by atoms with Gasteiger partial charge in [0.25, 0.3) is 0 Å². The van der Waals surface area contributed by atoms with Crippen LogP contribution in [0.2, 0.25) is 0 Å². The van der Waals surface area contributed by atoms with Crippen molar-refractivity contribution >= 4 is 11.9 Å². The minimum atomic E-state index is -0.332. The van der Waals surface area contributed by atoms with Crippen LogP contribution < -0.4 is 0 Å². The monoisotopic (exact) mass is 215 g/mol. The van der Waals surface area contributed by atoms with Crippen molar-refractivity contribution in [2.75, 3.05) is 26.8 Å². The first-order valence-corrected chi connectivity index (χ1v) is 5.15. The number of amides is 1. The van der Waals surface area contributed by atoms with Gasteiger partial charge in [-0.3, -0.25) is 9.59 Å². The molecule has 0 unspecified atom stereocenters. The highest BCUT2D eigenvalue weighted by Gasteiger charge is 2.33. The molecule has 0 spiro atoms. The highest BCUT2D eigenvalue weighted by atomic mass is 16.5. The fourth-order valence-electron chi connectivity index (χ4n) is 1.37. The summed E-state index contributed by atoms with van der Waals surface area (Å²) in [6.07, 6.45) is 2.05. The minimum absolute atomic E-state index is 0.0490. The van der Waals surface area contributed by atoms with Gasteiger partial charge in [-0.2, -0.15) is 0 Å². The molecule has 0 saturated heterocycles. The van der Waals surface area contributed by atoms with Crippen LogP contribution in [0, 0.1) is 5.92 Å². The molecule has 1 N–H and O–H groups in total. The molecule has 1 saturated carbocycles.